The van der Waals surface area contributed by atoms with Gasteiger partial charge in [0.2, 0.25) is 0 Å². The number of anilines is 1. The molecule has 0 saturated carbocycles. The molecule has 2 atom stereocenters. The van der Waals surface area contributed by atoms with Crippen molar-refractivity contribution in [3.05, 3.63) is 16.8 Å². The summed E-state index contributed by atoms with van der Waals surface area (Å²) in [7, 11) is -0.871. The third kappa shape index (κ3) is 2.12. The Balaban J connectivity index is 3.25. The van der Waals surface area contributed by atoms with Gasteiger partial charge in [-0.1, -0.05) is 0 Å². The van der Waals surface area contributed by atoms with E-state index in [1.165, 1.54) is 0 Å². The molecule has 2 N–H and O–H groups in total. The van der Waals surface area contributed by atoms with Crippen LogP contribution >= 0.6 is 0 Å². The van der Waals surface area contributed by atoms with Gasteiger partial charge in [0, 0.05) is 34.5 Å². The normalized spacial score (nSPS) is 14.4. The van der Waals surface area contributed by atoms with Gasteiger partial charge >= 0.3 is 0 Å². The number of rotatable bonds is 3. The van der Waals surface area contributed by atoms with Gasteiger partial charge in [-0.2, -0.15) is 5.26 Å². The van der Waals surface area contributed by atoms with E-state index < -0.39 is 10.8 Å². The SMILES string of the molecule is Cc1c(C#N)c(N)n(C(C)CS(C)=O)c1C. The Hall–Kier alpha value is -1.28. The van der Waals surface area contributed by atoms with Crippen molar-refractivity contribution in [3.8, 4) is 6.07 Å². The van der Waals surface area contributed by atoms with Crippen molar-refractivity contribution < 1.29 is 4.21 Å². The molecule has 88 valence electrons. The van der Waals surface area contributed by atoms with E-state index in [9.17, 15) is 4.21 Å². The number of nitriles is 1. The Morgan fingerprint density at radius 2 is 2.12 bits per heavy atom. The molecule has 0 saturated heterocycles. The molecule has 0 amide bonds. The number of nitrogens with two attached hydrogens (primary N) is 1. The Kier molecular flexibility index (Phi) is 3.76. The number of hydrogen-bond donors (Lipinski definition) is 1. The maximum absolute atomic E-state index is 11.2. The van der Waals surface area contributed by atoms with Crippen LogP contribution in [0.2, 0.25) is 0 Å². The molecular formula is C11H17N3OS. The third-order valence-electron chi connectivity index (χ3n) is 2.82. The van der Waals surface area contributed by atoms with Crippen molar-refractivity contribution in [2.24, 2.45) is 0 Å². The van der Waals surface area contributed by atoms with Crippen LogP contribution < -0.4 is 5.73 Å². The van der Waals surface area contributed by atoms with Gasteiger partial charge in [-0.25, -0.2) is 0 Å². The molecule has 0 aliphatic heterocycles. The lowest BCUT2D eigenvalue weighted by molar-refractivity contribution is 0.593. The summed E-state index contributed by atoms with van der Waals surface area (Å²) in [4.78, 5) is 0. The predicted octanol–water partition coefficient (Wildman–Crippen LogP) is 1.50. The average molecular weight is 239 g/mol. The van der Waals surface area contributed by atoms with Gasteiger partial charge < -0.3 is 10.3 Å². The Morgan fingerprint density at radius 3 is 2.50 bits per heavy atom. The lowest BCUT2D eigenvalue weighted by Gasteiger charge is -2.16. The topological polar surface area (TPSA) is 71.8 Å². The quantitative estimate of drug-likeness (QED) is 0.868. The predicted molar refractivity (Wildman–Crippen MR) is 66.7 cm³/mol. The minimum atomic E-state index is -0.871. The van der Waals surface area contributed by atoms with Crippen LogP contribution in [-0.2, 0) is 10.8 Å². The molecule has 0 bridgehead atoms. The van der Waals surface area contributed by atoms with E-state index in [2.05, 4.69) is 6.07 Å². The van der Waals surface area contributed by atoms with Crippen LogP contribution in [0, 0.1) is 25.2 Å². The minimum Gasteiger partial charge on any atom is -0.384 e. The molecule has 0 spiro atoms. The van der Waals surface area contributed by atoms with Crippen LogP contribution in [-0.4, -0.2) is 20.8 Å². The van der Waals surface area contributed by atoms with Crippen LogP contribution in [0.25, 0.3) is 0 Å². The maximum atomic E-state index is 11.2. The molecule has 0 aliphatic rings. The molecule has 5 heteroatoms. The first-order chi connectivity index (χ1) is 7.40. The minimum absolute atomic E-state index is 0.0478. The summed E-state index contributed by atoms with van der Waals surface area (Å²) in [6, 6.07) is 2.16. The standard InChI is InChI=1S/C11H17N3OS/c1-7(6-16(4)15)14-9(3)8(2)10(5-12)11(14)13/h7H,6,13H2,1-4H3. The fourth-order valence-corrected chi connectivity index (χ4v) is 2.81. The van der Waals surface area contributed by atoms with E-state index in [-0.39, 0.29) is 6.04 Å². The van der Waals surface area contributed by atoms with Crippen LogP contribution in [0.4, 0.5) is 5.82 Å². The molecule has 16 heavy (non-hydrogen) atoms. The zero-order chi connectivity index (χ0) is 12.5. The Morgan fingerprint density at radius 1 is 1.56 bits per heavy atom. The molecule has 1 rings (SSSR count). The molecule has 0 aromatic carbocycles. The summed E-state index contributed by atoms with van der Waals surface area (Å²) in [6.45, 7) is 5.78. The van der Waals surface area contributed by atoms with Crippen molar-refractivity contribution in [3.63, 3.8) is 0 Å². The zero-order valence-electron chi connectivity index (χ0n) is 10.1. The molecule has 4 nitrogen and oxygen atoms in total. The van der Waals surface area contributed by atoms with Gasteiger partial charge in [0.05, 0.1) is 5.56 Å². The van der Waals surface area contributed by atoms with Crippen LogP contribution in [0.5, 0.6) is 0 Å². The lowest BCUT2D eigenvalue weighted by Crippen LogP contribution is -2.16. The smallest absolute Gasteiger partial charge is 0.122 e. The number of hydrogen-bond acceptors (Lipinski definition) is 3. The first-order valence-corrected chi connectivity index (χ1v) is 6.79. The van der Waals surface area contributed by atoms with E-state index in [1.54, 1.807) is 6.26 Å². The third-order valence-corrected chi connectivity index (χ3v) is 3.78. The number of nitrogens with zero attached hydrogens (tertiary/aromatic N) is 2. The van der Waals surface area contributed by atoms with E-state index >= 15 is 0 Å². The summed E-state index contributed by atoms with van der Waals surface area (Å²) in [5.74, 6) is 1.03. The lowest BCUT2D eigenvalue weighted by atomic mass is 10.2. The van der Waals surface area contributed by atoms with Gasteiger partial charge in [-0.3, -0.25) is 4.21 Å². The summed E-state index contributed by atoms with van der Waals surface area (Å²) in [5.41, 5.74) is 8.36. The van der Waals surface area contributed by atoms with E-state index in [1.807, 2.05) is 25.3 Å². The number of nitrogen functional groups attached to an aromatic ring is 1. The highest BCUT2D eigenvalue weighted by atomic mass is 32.2. The molecule has 0 aliphatic carbocycles. The van der Waals surface area contributed by atoms with Gasteiger partial charge in [-0.05, 0) is 26.3 Å². The van der Waals surface area contributed by atoms with Gasteiger partial charge in [0.1, 0.15) is 11.9 Å². The maximum Gasteiger partial charge on any atom is 0.122 e. The van der Waals surface area contributed by atoms with Crippen molar-refractivity contribution in [1.82, 2.24) is 4.57 Å². The summed E-state index contributed by atoms with van der Waals surface area (Å²) in [6.07, 6.45) is 1.67. The van der Waals surface area contributed by atoms with Crippen molar-refractivity contribution in [1.29, 1.82) is 5.26 Å². The van der Waals surface area contributed by atoms with Gasteiger partial charge in [0.25, 0.3) is 0 Å². The monoisotopic (exact) mass is 239 g/mol. The number of aromatic nitrogens is 1. The van der Waals surface area contributed by atoms with Crippen LogP contribution in [0.3, 0.4) is 0 Å². The first kappa shape index (κ1) is 12.8. The second kappa shape index (κ2) is 4.71. The van der Waals surface area contributed by atoms with Crippen molar-refractivity contribution >= 4 is 16.6 Å². The highest BCUT2D eigenvalue weighted by Gasteiger charge is 2.19. The Bertz CT molecular complexity index is 471. The van der Waals surface area contributed by atoms with Gasteiger partial charge in [0.15, 0.2) is 0 Å². The van der Waals surface area contributed by atoms with E-state index in [4.69, 9.17) is 11.0 Å². The Labute approximate surface area is 98.5 Å². The molecule has 1 heterocycles. The van der Waals surface area contributed by atoms with E-state index in [0.29, 0.717) is 17.1 Å². The molecule has 0 fully saturated rings. The summed E-state index contributed by atoms with van der Waals surface area (Å²) in [5, 5.41) is 9.00. The summed E-state index contributed by atoms with van der Waals surface area (Å²) >= 11 is 0. The van der Waals surface area contributed by atoms with E-state index in [0.717, 1.165) is 11.3 Å². The van der Waals surface area contributed by atoms with Crippen LogP contribution in [0.15, 0.2) is 0 Å². The van der Waals surface area contributed by atoms with Crippen molar-refractivity contribution in [2.45, 2.75) is 26.8 Å². The molecule has 0 radical (unpaired) electrons. The van der Waals surface area contributed by atoms with Crippen molar-refractivity contribution in [2.75, 3.05) is 17.7 Å². The highest BCUT2D eigenvalue weighted by Crippen LogP contribution is 2.27. The molecule has 1 aromatic heterocycles. The zero-order valence-corrected chi connectivity index (χ0v) is 10.9. The molecular weight excluding hydrogens is 222 g/mol. The summed E-state index contributed by atoms with van der Waals surface area (Å²) < 4.78 is 13.1. The largest absolute Gasteiger partial charge is 0.384 e. The second-order valence-corrected chi connectivity index (χ2v) is 5.52. The molecule has 1 aromatic rings. The first-order valence-electron chi connectivity index (χ1n) is 5.07. The average Bonchev–Trinajstić information content (AvgIpc) is 2.37. The van der Waals surface area contributed by atoms with Crippen LogP contribution in [0.1, 0.15) is 29.8 Å². The van der Waals surface area contributed by atoms with Gasteiger partial charge in [-0.15, -0.1) is 0 Å². The molecule has 2 unspecified atom stereocenters. The second-order valence-electron chi connectivity index (χ2n) is 4.04. The fraction of sp³-hybridized carbons (Fsp3) is 0.545. The highest BCUT2D eigenvalue weighted by molar-refractivity contribution is 7.84. The fourth-order valence-electron chi connectivity index (χ4n) is 1.98.